The van der Waals surface area contributed by atoms with Crippen LogP contribution in [0.1, 0.15) is 6.42 Å². The largest absolute Gasteiger partial charge is 0.477 e. The van der Waals surface area contributed by atoms with E-state index in [4.69, 9.17) is 10.00 Å². The highest BCUT2D eigenvalue weighted by Gasteiger charge is 1.89. The molecular weight excluding hydrogens is 140 g/mol. The van der Waals surface area contributed by atoms with Crippen molar-refractivity contribution in [3.8, 4) is 11.9 Å². The van der Waals surface area contributed by atoms with E-state index in [1.807, 2.05) is 18.2 Å². The summed E-state index contributed by atoms with van der Waals surface area (Å²) in [5.74, 6) is 0.572. The van der Waals surface area contributed by atoms with Gasteiger partial charge in [0.15, 0.2) is 0 Å². The van der Waals surface area contributed by atoms with Gasteiger partial charge >= 0.3 is 0 Å². The molecule has 0 N–H and O–H groups in total. The Morgan fingerprint density at radius 3 is 3.09 bits per heavy atom. The first kappa shape index (κ1) is 7.55. The molecule has 0 aliphatic carbocycles. The minimum atomic E-state index is 0.399. The Hall–Kier alpha value is -1.56. The van der Waals surface area contributed by atoms with E-state index in [2.05, 4.69) is 4.98 Å². The van der Waals surface area contributed by atoms with Gasteiger partial charge in [0.05, 0.1) is 12.5 Å². The Labute approximate surface area is 65.3 Å². The van der Waals surface area contributed by atoms with Crippen molar-refractivity contribution in [1.29, 1.82) is 5.26 Å². The summed E-state index contributed by atoms with van der Waals surface area (Å²) in [5, 5.41) is 8.19. The van der Waals surface area contributed by atoms with Crippen molar-refractivity contribution in [1.82, 2.24) is 4.98 Å². The highest BCUT2D eigenvalue weighted by molar-refractivity contribution is 5.08. The smallest absolute Gasteiger partial charge is 0.213 e. The maximum absolute atomic E-state index is 8.19. The van der Waals surface area contributed by atoms with Gasteiger partial charge in [0.25, 0.3) is 0 Å². The fourth-order valence-corrected chi connectivity index (χ4v) is 0.634. The highest BCUT2D eigenvalue weighted by Crippen LogP contribution is 2.02. The Kier molecular flexibility index (Phi) is 2.94. The van der Waals surface area contributed by atoms with Crippen LogP contribution in [-0.4, -0.2) is 11.6 Å². The summed E-state index contributed by atoms with van der Waals surface area (Å²) >= 11 is 0. The van der Waals surface area contributed by atoms with Gasteiger partial charge in [-0.25, -0.2) is 4.98 Å². The minimum absolute atomic E-state index is 0.399. The Bertz CT molecular complexity index is 240. The van der Waals surface area contributed by atoms with Crippen LogP contribution in [0.3, 0.4) is 0 Å². The molecular formula is C8H8N2O. The molecule has 3 heteroatoms. The zero-order valence-electron chi connectivity index (χ0n) is 6.03. The number of hydrogen-bond donors (Lipinski definition) is 0. The van der Waals surface area contributed by atoms with E-state index in [1.165, 1.54) is 0 Å². The fraction of sp³-hybridized carbons (Fsp3) is 0.250. The van der Waals surface area contributed by atoms with E-state index >= 15 is 0 Å². The van der Waals surface area contributed by atoms with E-state index in [1.54, 1.807) is 12.3 Å². The first-order valence-corrected chi connectivity index (χ1v) is 3.34. The molecule has 0 bridgehead atoms. The fourth-order valence-electron chi connectivity index (χ4n) is 0.634. The van der Waals surface area contributed by atoms with Crippen molar-refractivity contribution in [2.45, 2.75) is 6.42 Å². The van der Waals surface area contributed by atoms with Crippen molar-refractivity contribution in [2.75, 3.05) is 6.61 Å². The van der Waals surface area contributed by atoms with Crippen molar-refractivity contribution < 1.29 is 4.74 Å². The number of aromatic nitrogens is 1. The molecule has 11 heavy (non-hydrogen) atoms. The van der Waals surface area contributed by atoms with Crippen molar-refractivity contribution in [3.63, 3.8) is 0 Å². The van der Waals surface area contributed by atoms with Gasteiger partial charge in [-0.2, -0.15) is 5.26 Å². The lowest BCUT2D eigenvalue weighted by Gasteiger charge is -1.99. The van der Waals surface area contributed by atoms with Crippen LogP contribution < -0.4 is 4.74 Å². The third-order valence-corrected chi connectivity index (χ3v) is 1.10. The molecule has 1 heterocycles. The van der Waals surface area contributed by atoms with Crippen LogP contribution in [-0.2, 0) is 0 Å². The summed E-state index contributed by atoms with van der Waals surface area (Å²) in [6.45, 7) is 0.410. The van der Waals surface area contributed by atoms with Gasteiger partial charge < -0.3 is 4.74 Å². The molecule has 3 nitrogen and oxygen atoms in total. The van der Waals surface area contributed by atoms with Crippen molar-refractivity contribution in [2.24, 2.45) is 0 Å². The van der Waals surface area contributed by atoms with Crippen molar-refractivity contribution in [3.05, 3.63) is 24.4 Å². The Balaban J connectivity index is 2.35. The Morgan fingerprint density at radius 2 is 2.45 bits per heavy atom. The summed E-state index contributed by atoms with van der Waals surface area (Å²) < 4.78 is 5.11. The molecule has 0 fully saturated rings. The van der Waals surface area contributed by atoms with Crippen LogP contribution in [0.15, 0.2) is 24.4 Å². The molecule has 0 spiro atoms. The van der Waals surface area contributed by atoms with Crippen LogP contribution in [0.4, 0.5) is 0 Å². The number of pyridine rings is 1. The number of ether oxygens (including phenoxy) is 1. The SMILES string of the molecule is N#CCCOc1ccccn1. The predicted molar refractivity (Wildman–Crippen MR) is 40.0 cm³/mol. The van der Waals surface area contributed by atoms with Crippen LogP contribution in [0.2, 0.25) is 0 Å². The number of nitriles is 1. The number of hydrogen-bond acceptors (Lipinski definition) is 3. The Morgan fingerprint density at radius 1 is 1.55 bits per heavy atom. The average Bonchev–Trinajstić information content (AvgIpc) is 2.07. The topological polar surface area (TPSA) is 45.9 Å². The second kappa shape index (κ2) is 4.29. The first-order chi connectivity index (χ1) is 5.43. The van der Waals surface area contributed by atoms with Crippen LogP contribution in [0.5, 0.6) is 5.88 Å². The first-order valence-electron chi connectivity index (χ1n) is 3.34. The summed E-state index contributed by atoms with van der Waals surface area (Å²) in [7, 11) is 0. The molecule has 1 aromatic rings. The third kappa shape index (κ3) is 2.67. The van der Waals surface area contributed by atoms with Crippen LogP contribution in [0, 0.1) is 11.3 Å². The quantitative estimate of drug-likeness (QED) is 0.608. The zero-order valence-corrected chi connectivity index (χ0v) is 6.03. The van der Waals surface area contributed by atoms with Gasteiger partial charge in [-0.15, -0.1) is 0 Å². The molecule has 56 valence electrons. The van der Waals surface area contributed by atoms with Crippen LogP contribution in [0.25, 0.3) is 0 Å². The van der Waals surface area contributed by atoms with E-state index < -0.39 is 0 Å². The molecule has 0 atom stereocenters. The monoisotopic (exact) mass is 148 g/mol. The van der Waals surface area contributed by atoms with Crippen molar-refractivity contribution >= 4 is 0 Å². The molecule has 0 saturated heterocycles. The van der Waals surface area contributed by atoms with E-state index in [0.717, 1.165) is 0 Å². The molecule has 0 unspecified atom stereocenters. The standard InChI is InChI=1S/C8H8N2O/c9-5-3-7-11-8-4-1-2-6-10-8/h1-2,4,6H,3,7H2. The van der Waals surface area contributed by atoms with E-state index in [0.29, 0.717) is 18.9 Å². The second-order valence-electron chi connectivity index (χ2n) is 1.92. The molecule has 0 aliphatic rings. The molecule has 0 amide bonds. The van der Waals surface area contributed by atoms with Crippen LogP contribution >= 0.6 is 0 Å². The summed E-state index contributed by atoms with van der Waals surface area (Å²) in [6.07, 6.45) is 2.05. The van der Waals surface area contributed by atoms with Gasteiger partial charge in [0.2, 0.25) is 5.88 Å². The molecule has 0 aliphatic heterocycles. The van der Waals surface area contributed by atoms with E-state index in [9.17, 15) is 0 Å². The summed E-state index contributed by atoms with van der Waals surface area (Å²) in [6, 6.07) is 7.41. The van der Waals surface area contributed by atoms with Gasteiger partial charge in [0, 0.05) is 12.3 Å². The zero-order chi connectivity index (χ0) is 7.94. The minimum Gasteiger partial charge on any atom is -0.477 e. The maximum atomic E-state index is 8.19. The van der Waals surface area contributed by atoms with Gasteiger partial charge in [-0.05, 0) is 6.07 Å². The molecule has 1 aromatic heterocycles. The predicted octanol–water partition coefficient (Wildman–Crippen LogP) is 1.37. The highest BCUT2D eigenvalue weighted by atomic mass is 16.5. The van der Waals surface area contributed by atoms with Gasteiger partial charge in [0.1, 0.15) is 6.61 Å². The van der Waals surface area contributed by atoms with E-state index in [-0.39, 0.29) is 0 Å². The lowest BCUT2D eigenvalue weighted by atomic mass is 10.5. The number of rotatable bonds is 3. The lowest BCUT2D eigenvalue weighted by molar-refractivity contribution is 0.314. The normalized spacial score (nSPS) is 8.64. The average molecular weight is 148 g/mol. The van der Waals surface area contributed by atoms with Gasteiger partial charge in [-0.1, -0.05) is 6.07 Å². The second-order valence-corrected chi connectivity index (χ2v) is 1.92. The third-order valence-electron chi connectivity index (χ3n) is 1.10. The molecule has 0 aromatic carbocycles. The number of nitrogens with zero attached hydrogens (tertiary/aromatic N) is 2. The molecule has 0 radical (unpaired) electrons. The summed E-state index contributed by atoms with van der Waals surface area (Å²) in [5.41, 5.74) is 0. The molecule has 1 rings (SSSR count). The maximum Gasteiger partial charge on any atom is 0.213 e. The molecule has 0 saturated carbocycles. The summed E-state index contributed by atoms with van der Waals surface area (Å²) in [4.78, 5) is 3.92. The van der Waals surface area contributed by atoms with Gasteiger partial charge in [-0.3, -0.25) is 0 Å². The lowest BCUT2D eigenvalue weighted by Crippen LogP contribution is -1.96.